The Morgan fingerprint density at radius 1 is 1.00 bits per heavy atom. The predicted molar refractivity (Wildman–Crippen MR) is 132 cm³/mol. The van der Waals surface area contributed by atoms with Crippen LogP contribution in [-0.2, 0) is 9.84 Å². The van der Waals surface area contributed by atoms with Gasteiger partial charge in [-0.05, 0) is 55.0 Å². The van der Waals surface area contributed by atoms with Crippen molar-refractivity contribution in [2.45, 2.75) is 16.6 Å². The van der Waals surface area contributed by atoms with Gasteiger partial charge < -0.3 is 5.32 Å². The van der Waals surface area contributed by atoms with E-state index in [1.165, 1.54) is 11.8 Å². The summed E-state index contributed by atoms with van der Waals surface area (Å²) < 4.78 is 24.7. The van der Waals surface area contributed by atoms with Crippen LogP contribution in [0, 0.1) is 0 Å². The number of fused-ring (bicyclic) bond motifs is 1. The van der Waals surface area contributed by atoms with Crippen LogP contribution >= 0.6 is 23.1 Å². The van der Waals surface area contributed by atoms with E-state index in [1.54, 1.807) is 17.4 Å². The molecule has 1 N–H and O–H groups in total. The number of hydrogen-bond acceptors (Lipinski definition) is 6. The fourth-order valence-corrected chi connectivity index (χ4v) is 8.28. The van der Waals surface area contributed by atoms with E-state index < -0.39 is 9.84 Å². The minimum atomic E-state index is -2.96. The van der Waals surface area contributed by atoms with Crippen LogP contribution in [0.2, 0.25) is 0 Å². The maximum Gasteiger partial charge on any atom is 0.256 e. The molecule has 1 aliphatic rings. The zero-order chi connectivity index (χ0) is 22.1. The Hall–Kier alpha value is -2.68. The van der Waals surface area contributed by atoms with Crippen molar-refractivity contribution in [2.75, 3.05) is 16.8 Å². The van der Waals surface area contributed by atoms with Gasteiger partial charge in [-0.3, -0.25) is 4.79 Å². The van der Waals surface area contributed by atoms with Gasteiger partial charge in [-0.2, -0.15) is 0 Å². The highest BCUT2D eigenvalue weighted by Crippen LogP contribution is 2.34. The second-order valence-electron chi connectivity index (χ2n) is 7.66. The molecule has 1 amide bonds. The number of thioether (sulfide) groups is 1. The second-order valence-corrected chi connectivity index (χ2v) is 12.3. The fraction of sp³-hybridized carbons (Fsp3) is 0.167. The number of sulfone groups is 1. The molecule has 0 unspecified atom stereocenters. The number of benzene rings is 3. The molecular weight excluding hydrogens is 460 g/mol. The number of nitrogens with one attached hydrogen (secondary N) is 1. The summed E-state index contributed by atoms with van der Waals surface area (Å²) in [5.74, 6) is 0.183. The van der Waals surface area contributed by atoms with Gasteiger partial charge in [0.1, 0.15) is 5.01 Å². The molecule has 2 heterocycles. The summed E-state index contributed by atoms with van der Waals surface area (Å²) in [6.45, 7) is 0. The highest BCUT2D eigenvalue weighted by molar-refractivity contribution is 8.02. The van der Waals surface area contributed by atoms with Crippen molar-refractivity contribution in [3.05, 3.63) is 78.4 Å². The molecule has 1 atom stereocenters. The van der Waals surface area contributed by atoms with Crippen molar-refractivity contribution in [3.63, 3.8) is 0 Å². The lowest BCUT2D eigenvalue weighted by molar-refractivity contribution is 0.102. The van der Waals surface area contributed by atoms with Gasteiger partial charge in [0.15, 0.2) is 9.84 Å². The van der Waals surface area contributed by atoms with E-state index in [-0.39, 0.29) is 22.7 Å². The number of nitrogens with zero attached hydrogens (tertiary/aromatic N) is 1. The number of amides is 1. The van der Waals surface area contributed by atoms with Crippen LogP contribution in [0.15, 0.2) is 77.7 Å². The molecule has 0 spiro atoms. The van der Waals surface area contributed by atoms with Crippen molar-refractivity contribution in [2.24, 2.45) is 0 Å². The van der Waals surface area contributed by atoms with Gasteiger partial charge in [0.05, 0.1) is 27.3 Å². The summed E-state index contributed by atoms with van der Waals surface area (Å²) in [5.41, 5.74) is 3.23. The molecule has 1 aromatic heterocycles. The summed E-state index contributed by atoms with van der Waals surface area (Å²) in [6, 6.07) is 23.0. The lowest BCUT2D eigenvalue weighted by Gasteiger charge is -2.13. The van der Waals surface area contributed by atoms with E-state index in [2.05, 4.69) is 16.4 Å². The first kappa shape index (κ1) is 21.2. The smallest absolute Gasteiger partial charge is 0.256 e. The number of carbonyl (C=O) groups excluding carboxylic acids is 1. The molecule has 0 saturated carbocycles. The SMILES string of the molecule is O=C(Nc1ccc(-c2nc3ccccc3s2)cc1)c1ccccc1S[C@@H]1CCS(=O)(=O)C1. The third-order valence-electron chi connectivity index (χ3n) is 5.30. The van der Waals surface area contributed by atoms with Gasteiger partial charge in [-0.25, -0.2) is 13.4 Å². The number of hydrogen-bond donors (Lipinski definition) is 1. The molecule has 5 rings (SSSR count). The highest BCUT2D eigenvalue weighted by Gasteiger charge is 2.29. The quantitative estimate of drug-likeness (QED) is 0.408. The van der Waals surface area contributed by atoms with E-state index in [4.69, 9.17) is 0 Å². The molecule has 4 aromatic rings. The van der Waals surface area contributed by atoms with Gasteiger partial charge in [0, 0.05) is 21.4 Å². The average molecular weight is 481 g/mol. The highest BCUT2D eigenvalue weighted by atomic mass is 32.2. The Kier molecular flexibility index (Phi) is 5.75. The van der Waals surface area contributed by atoms with E-state index in [0.717, 1.165) is 25.7 Å². The first-order valence-electron chi connectivity index (χ1n) is 10.2. The van der Waals surface area contributed by atoms with Crippen LogP contribution in [0.25, 0.3) is 20.8 Å². The van der Waals surface area contributed by atoms with Crippen LogP contribution in [0.1, 0.15) is 16.8 Å². The lowest BCUT2D eigenvalue weighted by atomic mass is 10.2. The zero-order valence-electron chi connectivity index (χ0n) is 17.0. The van der Waals surface area contributed by atoms with E-state index in [9.17, 15) is 13.2 Å². The number of anilines is 1. The lowest BCUT2D eigenvalue weighted by Crippen LogP contribution is -2.14. The Morgan fingerprint density at radius 3 is 2.50 bits per heavy atom. The number of aromatic nitrogens is 1. The Morgan fingerprint density at radius 2 is 1.75 bits per heavy atom. The molecule has 1 saturated heterocycles. The molecule has 1 aliphatic heterocycles. The normalized spacial score (nSPS) is 17.4. The van der Waals surface area contributed by atoms with Crippen molar-refractivity contribution >= 4 is 54.7 Å². The van der Waals surface area contributed by atoms with E-state index in [1.807, 2.05) is 60.7 Å². The van der Waals surface area contributed by atoms with Crippen LogP contribution in [0.4, 0.5) is 5.69 Å². The third kappa shape index (κ3) is 4.57. The molecule has 3 aromatic carbocycles. The standard InChI is InChI=1S/C24H20N2O3S3/c27-23(19-5-1-3-7-21(19)30-18-13-14-32(28,29)15-18)25-17-11-9-16(10-12-17)24-26-20-6-2-4-8-22(20)31-24/h1-12,18H,13-15H2,(H,25,27)/t18-/m1/s1. The fourth-order valence-electron chi connectivity index (χ4n) is 3.68. The predicted octanol–water partition coefficient (Wildman–Crippen LogP) is 5.49. The average Bonchev–Trinajstić information content (AvgIpc) is 3.37. The minimum Gasteiger partial charge on any atom is -0.322 e. The molecule has 0 radical (unpaired) electrons. The third-order valence-corrected chi connectivity index (χ3v) is 9.71. The Bertz CT molecular complexity index is 1360. The maximum absolute atomic E-state index is 13.0. The first-order valence-corrected chi connectivity index (χ1v) is 13.7. The van der Waals surface area contributed by atoms with Gasteiger partial charge in [-0.15, -0.1) is 23.1 Å². The molecule has 0 aliphatic carbocycles. The van der Waals surface area contributed by atoms with Crippen LogP contribution < -0.4 is 5.32 Å². The summed E-state index contributed by atoms with van der Waals surface area (Å²) >= 11 is 3.11. The largest absolute Gasteiger partial charge is 0.322 e. The molecule has 0 bridgehead atoms. The van der Waals surface area contributed by atoms with Crippen LogP contribution in [-0.4, -0.2) is 36.1 Å². The van der Waals surface area contributed by atoms with Gasteiger partial charge in [0.25, 0.3) is 5.91 Å². The number of thiazole rings is 1. The number of carbonyl (C=O) groups is 1. The molecule has 32 heavy (non-hydrogen) atoms. The molecule has 8 heteroatoms. The van der Waals surface area contributed by atoms with Crippen LogP contribution in [0.3, 0.4) is 0 Å². The summed E-state index contributed by atoms with van der Waals surface area (Å²) in [4.78, 5) is 18.4. The maximum atomic E-state index is 13.0. The van der Waals surface area contributed by atoms with Crippen molar-refractivity contribution < 1.29 is 13.2 Å². The Balaban J connectivity index is 1.31. The Labute approximate surface area is 194 Å². The van der Waals surface area contributed by atoms with E-state index >= 15 is 0 Å². The summed E-state index contributed by atoms with van der Waals surface area (Å²) in [6.07, 6.45) is 0.621. The number of para-hydroxylation sites is 1. The van der Waals surface area contributed by atoms with Gasteiger partial charge in [0.2, 0.25) is 0 Å². The second kappa shape index (κ2) is 8.69. The first-order chi connectivity index (χ1) is 15.5. The summed E-state index contributed by atoms with van der Waals surface area (Å²) in [5, 5.41) is 3.89. The zero-order valence-corrected chi connectivity index (χ0v) is 19.5. The number of rotatable bonds is 5. The molecule has 5 nitrogen and oxygen atoms in total. The molecule has 1 fully saturated rings. The van der Waals surface area contributed by atoms with Crippen molar-refractivity contribution in [3.8, 4) is 10.6 Å². The van der Waals surface area contributed by atoms with E-state index in [0.29, 0.717) is 17.7 Å². The van der Waals surface area contributed by atoms with Crippen LogP contribution in [0.5, 0.6) is 0 Å². The molecule has 162 valence electrons. The van der Waals surface area contributed by atoms with Crippen molar-refractivity contribution in [1.29, 1.82) is 0 Å². The monoisotopic (exact) mass is 480 g/mol. The van der Waals surface area contributed by atoms with Gasteiger partial charge in [-0.1, -0.05) is 24.3 Å². The molecular formula is C24H20N2O3S3. The topological polar surface area (TPSA) is 76.1 Å². The minimum absolute atomic E-state index is 0.0120. The van der Waals surface area contributed by atoms with Crippen molar-refractivity contribution in [1.82, 2.24) is 4.98 Å². The van der Waals surface area contributed by atoms with Gasteiger partial charge >= 0.3 is 0 Å². The summed E-state index contributed by atoms with van der Waals surface area (Å²) in [7, 11) is -2.96.